The molecule has 1 amide bonds. The first-order valence-corrected chi connectivity index (χ1v) is 6.42. The van der Waals surface area contributed by atoms with Crippen molar-refractivity contribution >= 4 is 5.91 Å². The molecule has 1 heterocycles. The van der Waals surface area contributed by atoms with Crippen molar-refractivity contribution in [3.63, 3.8) is 0 Å². The molecular weight excluding hydrogens is 230 g/mol. The molecule has 1 fully saturated rings. The molecular formula is C13H19N3O2. The van der Waals surface area contributed by atoms with Crippen LogP contribution in [0.5, 0.6) is 0 Å². The minimum atomic E-state index is -0.210. The second kappa shape index (κ2) is 5.82. The molecule has 0 saturated heterocycles. The summed E-state index contributed by atoms with van der Waals surface area (Å²) in [6, 6.07) is 2.93. The van der Waals surface area contributed by atoms with Crippen molar-refractivity contribution in [3.8, 4) is 0 Å². The highest BCUT2D eigenvalue weighted by molar-refractivity contribution is 5.94. The van der Waals surface area contributed by atoms with Crippen molar-refractivity contribution in [1.82, 2.24) is 10.3 Å². The van der Waals surface area contributed by atoms with Gasteiger partial charge in [0, 0.05) is 24.3 Å². The average Bonchev–Trinajstić information content (AvgIpc) is 2.56. The third kappa shape index (κ3) is 3.20. The summed E-state index contributed by atoms with van der Waals surface area (Å²) in [4.78, 5) is 25.4. The summed E-state index contributed by atoms with van der Waals surface area (Å²) >= 11 is 0. The Morgan fingerprint density at radius 3 is 2.78 bits per heavy atom. The number of hydrogen-bond acceptors (Lipinski definition) is 3. The number of hydrogen-bond donors (Lipinski definition) is 3. The van der Waals surface area contributed by atoms with Crippen LogP contribution in [0.15, 0.2) is 23.1 Å². The zero-order valence-corrected chi connectivity index (χ0v) is 10.3. The highest BCUT2D eigenvalue weighted by Gasteiger charge is 2.22. The Labute approximate surface area is 106 Å². The fourth-order valence-electron chi connectivity index (χ4n) is 2.32. The smallest absolute Gasteiger partial charge is 0.253 e. The summed E-state index contributed by atoms with van der Waals surface area (Å²) in [7, 11) is 0. The maximum absolute atomic E-state index is 12.0. The minimum Gasteiger partial charge on any atom is -0.348 e. The van der Waals surface area contributed by atoms with Crippen molar-refractivity contribution in [2.45, 2.75) is 44.2 Å². The van der Waals surface area contributed by atoms with E-state index in [9.17, 15) is 9.59 Å². The molecule has 4 N–H and O–H groups in total. The molecule has 1 saturated carbocycles. The van der Waals surface area contributed by atoms with Gasteiger partial charge in [0.15, 0.2) is 0 Å². The van der Waals surface area contributed by atoms with Crippen molar-refractivity contribution in [2.75, 3.05) is 0 Å². The first-order chi connectivity index (χ1) is 8.66. The second-order valence-corrected chi connectivity index (χ2v) is 4.82. The monoisotopic (exact) mass is 249 g/mol. The number of H-pyrrole nitrogens is 1. The summed E-state index contributed by atoms with van der Waals surface area (Å²) in [5.74, 6) is -0.173. The van der Waals surface area contributed by atoms with Crippen molar-refractivity contribution < 1.29 is 4.79 Å². The Morgan fingerprint density at radius 2 is 2.06 bits per heavy atom. The van der Waals surface area contributed by atoms with Crippen molar-refractivity contribution in [2.24, 2.45) is 5.73 Å². The van der Waals surface area contributed by atoms with Gasteiger partial charge in [-0.1, -0.05) is 19.3 Å². The Balaban J connectivity index is 2.01. The normalized spacial score (nSPS) is 24.3. The van der Waals surface area contributed by atoms with Gasteiger partial charge in [-0.3, -0.25) is 9.59 Å². The van der Waals surface area contributed by atoms with Gasteiger partial charge in [-0.2, -0.15) is 0 Å². The summed E-state index contributed by atoms with van der Waals surface area (Å²) < 4.78 is 0. The topological polar surface area (TPSA) is 88.0 Å². The number of pyridine rings is 1. The lowest BCUT2D eigenvalue weighted by molar-refractivity contribution is 0.0928. The predicted octanol–water partition coefficient (Wildman–Crippen LogP) is 0.765. The molecule has 1 aromatic heterocycles. The summed E-state index contributed by atoms with van der Waals surface area (Å²) in [5.41, 5.74) is 6.31. The molecule has 0 aromatic carbocycles. The van der Waals surface area contributed by atoms with E-state index >= 15 is 0 Å². The van der Waals surface area contributed by atoms with Gasteiger partial charge in [0.25, 0.3) is 5.91 Å². The van der Waals surface area contributed by atoms with Crippen LogP contribution in [0.3, 0.4) is 0 Å². The van der Waals surface area contributed by atoms with Crippen LogP contribution in [0.25, 0.3) is 0 Å². The van der Waals surface area contributed by atoms with Gasteiger partial charge in [0.2, 0.25) is 5.56 Å². The lowest BCUT2D eigenvalue weighted by atomic mass is 10.0. The Bertz CT molecular complexity index is 449. The molecule has 98 valence electrons. The Kier molecular flexibility index (Phi) is 4.15. The lowest BCUT2D eigenvalue weighted by Crippen LogP contribution is -2.47. The third-order valence-corrected chi connectivity index (χ3v) is 3.43. The largest absolute Gasteiger partial charge is 0.348 e. The number of aromatic amines is 1. The molecule has 2 atom stereocenters. The van der Waals surface area contributed by atoms with E-state index in [2.05, 4.69) is 10.3 Å². The molecule has 1 aliphatic carbocycles. The first kappa shape index (κ1) is 12.8. The lowest BCUT2D eigenvalue weighted by Gasteiger charge is -2.22. The minimum absolute atomic E-state index is 0.0270. The molecule has 5 nitrogen and oxygen atoms in total. The van der Waals surface area contributed by atoms with E-state index in [1.165, 1.54) is 24.8 Å². The Morgan fingerprint density at radius 1 is 1.28 bits per heavy atom. The van der Waals surface area contributed by atoms with Gasteiger partial charge in [-0.05, 0) is 18.9 Å². The number of nitrogens with one attached hydrogen (secondary N) is 2. The maximum Gasteiger partial charge on any atom is 0.253 e. The van der Waals surface area contributed by atoms with E-state index in [0.717, 1.165) is 25.7 Å². The summed E-state index contributed by atoms with van der Waals surface area (Å²) in [6.07, 6.45) is 6.72. The SMILES string of the molecule is NC1CCCCCC1NC(=O)c1ccc(=O)[nH]c1. The van der Waals surface area contributed by atoms with Gasteiger partial charge >= 0.3 is 0 Å². The highest BCUT2D eigenvalue weighted by Crippen LogP contribution is 2.17. The van der Waals surface area contributed by atoms with Gasteiger partial charge < -0.3 is 16.0 Å². The maximum atomic E-state index is 12.0. The quantitative estimate of drug-likeness (QED) is 0.676. The van der Waals surface area contributed by atoms with Gasteiger partial charge in [-0.25, -0.2) is 0 Å². The van der Waals surface area contributed by atoms with E-state index in [1.807, 2.05) is 0 Å². The van der Waals surface area contributed by atoms with Crippen LogP contribution in [0.1, 0.15) is 42.5 Å². The predicted molar refractivity (Wildman–Crippen MR) is 69.4 cm³/mol. The van der Waals surface area contributed by atoms with Crippen LogP contribution < -0.4 is 16.6 Å². The molecule has 2 unspecified atom stereocenters. The van der Waals surface area contributed by atoms with Crippen LogP contribution in [0.2, 0.25) is 0 Å². The third-order valence-electron chi connectivity index (χ3n) is 3.43. The van der Waals surface area contributed by atoms with Crippen LogP contribution in [-0.4, -0.2) is 23.0 Å². The number of nitrogens with two attached hydrogens (primary N) is 1. The van der Waals surface area contributed by atoms with E-state index in [0.29, 0.717) is 5.56 Å². The number of aromatic nitrogens is 1. The van der Waals surface area contributed by atoms with E-state index < -0.39 is 0 Å². The van der Waals surface area contributed by atoms with Crippen LogP contribution in [0, 0.1) is 0 Å². The van der Waals surface area contributed by atoms with Crippen molar-refractivity contribution in [3.05, 3.63) is 34.2 Å². The number of rotatable bonds is 2. The van der Waals surface area contributed by atoms with E-state index in [4.69, 9.17) is 5.73 Å². The number of carbonyl (C=O) groups is 1. The highest BCUT2D eigenvalue weighted by atomic mass is 16.2. The average molecular weight is 249 g/mol. The molecule has 1 aromatic rings. The van der Waals surface area contributed by atoms with E-state index in [1.54, 1.807) is 0 Å². The molecule has 1 aliphatic rings. The number of amides is 1. The standard InChI is InChI=1S/C13H19N3O2/c14-10-4-2-1-3-5-11(10)16-13(18)9-6-7-12(17)15-8-9/h6-8,10-11H,1-5,14H2,(H,15,17)(H,16,18). The molecule has 18 heavy (non-hydrogen) atoms. The van der Waals surface area contributed by atoms with Gasteiger partial charge in [-0.15, -0.1) is 0 Å². The van der Waals surface area contributed by atoms with Crippen molar-refractivity contribution in [1.29, 1.82) is 0 Å². The zero-order chi connectivity index (χ0) is 13.0. The number of carbonyl (C=O) groups excluding carboxylic acids is 1. The fourth-order valence-corrected chi connectivity index (χ4v) is 2.32. The van der Waals surface area contributed by atoms with Gasteiger partial charge in [0.05, 0.1) is 5.56 Å². The van der Waals surface area contributed by atoms with E-state index in [-0.39, 0.29) is 23.6 Å². The van der Waals surface area contributed by atoms with Crippen LogP contribution >= 0.6 is 0 Å². The molecule has 0 spiro atoms. The second-order valence-electron chi connectivity index (χ2n) is 4.82. The van der Waals surface area contributed by atoms with Gasteiger partial charge in [0.1, 0.15) is 0 Å². The Hall–Kier alpha value is -1.62. The molecule has 2 rings (SSSR count). The summed E-state index contributed by atoms with van der Waals surface area (Å²) in [6.45, 7) is 0. The van der Waals surface area contributed by atoms with Crippen LogP contribution in [-0.2, 0) is 0 Å². The summed E-state index contributed by atoms with van der Waals surface area (Å²) in [5, 5.41) is 2.96. The molecule has 0 aliphatic heterocycles. The molecule has 0 bridgehead atoms. The first-order valence-electron chi connectivity index (χ1n) is 6.42. The zero-order valence-electron chi connectivity index (χ0n) is 10.3. The fraction of sp³-hybridized carbons (Fsp3) is 0.538. The molecule has 0 radical (unpaired) electrons. The van der Waals surface area contributed by atoms with Crippen LogP contribution in [0.4, 0.5) is 0 Å². The molecule has 5 heteroatoms.